The van der Waals surface area contributed by atoms with Gasteiger partial charge in [-0.2, -0.15) is 0 Å². The number of benzene rings is 2. The lowest BCUT2D eigenvalue weighted by molar-refractivity contribution is -0.140. The Bertz CT molecular complexity index is 1060. The van der Waals surface area contributed by atoms with Crippen molar-refractivity contribution in [2.75, 3.05) is 33.8 Å². The summed E-state index contributed by atoms with van der Waals surface area (Å²) < 4.78 is 11.5. The summed E-state index contributed by atoms with van der Waals surface area (Å²) in [6.07, 6.45) is 3.25. The molecule has 1 unspecified atom stereocenters. The van der Waals surface area contributed by atoms with E-state index in [1.807, 2.05) is 57.1 Å². The van der Waals surface area contributed by atoms with E-state index in [2.05, 4.69) is 6.92 Å². The summed E-state index contributed by atoms with van der Waals surface area (Å²) in [5, 5.41) is 11.2. The van der Waals surface area contributed by atoms with Gasteiger partial charge in [-0.1, -0.05) is 31.9 Å². The van der Waals surface area contributed by atoms with Crippen LogP contribution >= 0.6 is 0 Å². The molecule has 0 bridgehead atoms. The Kier molecular flexibility index (Phi) is 9.53. The molecule has 0 radical (unpaired) electrons. The number of Topliss-reactive ketones (excluding diaryl/α,β-unsaturated/α-hetero) is 1. The topological polar surface area (TPSA) is 79.3 Å². The van der Waals surface area contributed by atoms with Gasteiger partial charge in [0.25, 0.3) is 11.7 Å². The number of likely N-dealkylation sites (N-methyl/N-ethyl adjacent to an activating group) is 1. The lowest BCUT2D eigenvalue weighted by atomic mass is 9.95. The molecule has 1 amide bonds. The zero-order valence-electron chi connectivity index (χ0n) is 22.0. The Morgan fingerprint density at radius 2 is 1.64 bits per heavy atom. The summed E-state index contributed by atoms with van der Waals surface area (Å²) in [4.78, 5) is 29.7. The zero-order valence-corrected chi connectivity index (χ0v) is 22.0. The van der Waals surface area contributed by atoms with E-state index in [9.17, 15) is 14.7 Å². The lowest BCUT2D eigenvalue weighted by Gasteiger charge is -2.26. The van der Waals surface area contributed by atoms with Crippen LogP contribution in [0.4, 0.5) is 0 Å². The number of unbranched alkanes of at least 4 members (excludes halogenated alkanes) is 2. The predicted molar refractivity (Wildman–Crippen MR) is 141 cm³/mol. The highest BCUT2D eigenvalue weighted by Crippen LogP contribution is 2.39. The Hall–Kier alpha value is -3.32. The Morgan fingerprint density at radius 3 is 2.22 bits per heavy atom. The fraction of sp³-hybridized carbons (Fsp3) is 0.448. The van der Waals surface area contributed by atoms with Crippen molar-refractivity contribution in [1.29, 1.82) is 0 Å². The molecule has 0 saturated carbocycles. The second kappa shape index (κ2) is 12.6. The van der Waals surface area contributed by atoms with Crippen molar-refractivity contribution in [2.45, 2.75) is 52.2 Å². The minimum Gasteiger partial charge on any atom is -0.507 e. The van der Waals surface area contributed by atoms with Gasteiger partial charge in [0.05, 0.1) is 24.3 Å². The van der Waals surface area contributed by atoms with E-state index in [4.69, 9.17) is 9.47 Å². The molecule has 1 saturated heterocycles. The number of carbonyl (C=O) groups is 2. The zero-order chi connectivity index (χ0) is 26.2. The smallest absolute Gasteiger partial charge is 0.295 e. The van der Waals surface area contributed by atoms with Crippen LogP contribution in [0.3, 0.4) is 0 Å². The van der Waals surface area contributed by atoms with Crippen molar-refractivity contribution in [2.24, 2.45) is 0 Å². The molecule has 1 fully saturated rings. The van der Waals surface area contributed by atoms with Gasteiger partial charge in [0, 0.05) is 18.7 Å². The summed E-state index contributed by atoms with van der Waals surface area (Å²) in [6.45, 7) is 7.61. The number of hydrogen-bond donors (Lipinski definition) is 1. The summed E-state index contributed by atoms with van der Waals surface area (Å²) >= 11 is 0. The fourth-order valence-corrected chi connectivity index (χ4v) is 4.17. The summed E-state index contributed by atoms with van der Waals surface area (Å²) in [6, 6.07) is 13.6. The first-order valence-electron chi connectivity index (χ1n) is 12.7. The maximum Gasteiger partial charge on any atom is 0.295 e. The highest BCUT2D eigenvalue weighted by molar-refractivity contribution is 6.46. The third-order valence-electron chi connectivity index (χ3n) is 6.04. The third-order valence-corrected chi connectivity index (χ3v) is 6.04. The van der Waals surface area contributed by atoms with Gasteiger partial charge >= 0.3 is 0 Å². The Balaban J connectivity index is 1.96. The molecule has 1 heterocycles. The van der Waals surface area contributed by atoms with Gasteiger partial charge in [-0.25, -0.2) is 0 Å². The number of rotatable bonds is 12. The molecule has 1 N–H and O–H groups in total. The normalized spacial score (nSPS) is 17.3. The van der Waals surface area contributed by atoms with Crippen molar-refractivity contribution >= 4 is 17.4 Å². The minimum atomic E-state index is -0.689. The molecule has 2 aromatic carbocycles. The van der Waals surface area contributed by atoms with E-state index >= 15 is 0 Å². The average molecular weight is 495 g/mol. The van der Waals surface area contributed by atoms with Crippen LogP contribution in [0.5, 0.6) is 11.5 Å². The first-order chi connectivity index (χ1) is 17.2. The second-order valence-electron chi connectivity index (χ2n) is 9.61. The third kappa shape index (κ3) is 6.66. The monoisotopic (exact) mass is 494 g/mol. The molecule has 1 aliphatic heterocycles. The number of hydrogen-bond acceptors (Lipinski definition) is 6. The molecular formula is C29H38N2O5. The molecule has 1 atom stereocenters. The van der Waals surface area contributed by atoms with Gasteiger partial charge in [0.1, 0.15) is 17.3 Å². The number of aliphatic hydroxyl groups excluding tert-OH is 1. The van der Waals surface area contributed by atoms with Gasteiger partial charge in [0.15, 0.2) is 0 Å². The molecule has 0 aromatic heterocycles. The summed E-state index contributed by atoms with van der Waals surface area (Å²) in [7, 11) is 3.83. The quantitative estimate of drug-likeness (QED) is 0.193. The first kappa shape index (κ1) is 27.3. The van der Waals surface area contributed by atoms with Crippen molar-refractivity contribution in [1.82, 2.24) is 9.80 Å². The number of amides is 1. The standard InChI is InChI=1S/C29H38N2O5/c1-6-7-8-19-35-23-13-9-21(10-14-23)26-25(28(33)29(34)31(26)18-17-30(4)5)27(32)22-11-15-24(16-12-22)36-20(2)3/h9-16,20,26,32H,6-8,17-19H2,1-5H3. The highest BCUT2D eigenvalue weighted by Gasteiger charge is 2.45. The van der Waals surface area contributed by atoms with Gasteiger partial charge in [-0.05, 0) is 76.3 Å². The molecule has 3 rings (SSSR count). The van der Waals surface area contributed by atoms with Crippen molar-refractivity contribution in [3.63, 3.8) is 0 Å². The van der Waals surface area contributed by atoms with Crippen LogP contribution in [0.25, 0.3) is 5.76 Å². The van der Waals surface area contributed by atoms with Gasteiger partial charge in [-0.15, -0.1) is 0 Å². The highest BCUT2D eigenvalue weighted by atomic mass is 16.5. The molecule has 7 heteroatoms. The lowest BCUT2D eigenvalue weighted by Crippen LogP contribution is -2.35. The number of carbonyl (C=O) groups excluding carboxylic acids is 2. The van der Waals surface area contributed by atoms with Crippen molar-refractivity contribution in [3.8, 4) is 11.5 Å². The predicted octanol–water partition coefficient (Wildman–Crippen LogP) is 5.03. The minimum absolute atomic E-state index is 0.0186. The van der Waals surface area contributed by atoms with Crippen LogP contribution in [0.15, 0.2) is 54.1 Å². The largest absolute Gasteiger partial charge is 0.507 e. The molecular weight excluding hydrogens is 456 g/mol. The average Bonchev–Trinajstić information content (AvgIpc) is 3.10. The Morgan fingerprint density at radius 1 is 1.00 bits per heavy atom. The second-order valence-corrected chi connectivity index (χ2v) is 9.61. The summed E-state index contributed by atoms with van der Waals surface area (Å²) in [5.41, 5.74) is 1.29. The van der Waals surface area contributed by atoms with E-state index in [-0.39, 0.29) is 17.4 Å². The SMILES string of the molecule is CCCCCOc1ccc(C2C(=C(O)c3ccc(OC(C)C)cc3)C(=O)C(=O)N2CCN(C)C)cc1. The molecule has 2 aromatic rings. The van der Waals surface area contributed by atoms with Gasteiger partial charge in [0.2, 0.25) is 0 Å². The van der Waals surface area contributed by atoms with Crippen LogP contribution in [-0.4, -0.2) is 66.5 Å². The molecule has 0 aliphatic carbocycles. The number of aliphatic hydroxyl groups is 1. The van der Waals surface area contributed by atoms with Gasteiger partial charge in [-0.3, -0.25) is 9.59 Å². The van der Waals surface area contributed by atoms with E-state index in [1.54, 1.807) is 29.2 Å². The van der Waals surface area contributed by atoms with Crippen LogP contribution in [0.1, 0.15) is 57.2 Å². The van der Waals surface area contributed by atoms with Crippen molar-refractivity contribution in [3.05, 3.63) is 65.2 Å². The van der Waals surface area contributed by atoms with Crippen LogP contribution in [0.2, 0.25) is 0 Å². The number of likely N-dealkylation sites (tertiary alicyclic amines) is 1. The van der Waals surface area contributed by atoms with E-state index < -0.39 is 17.7 Å². The first-order valence-corrected chi connectivity index (χ1v) is 12.7. The van der Waals surface area contributed by atoms with Crippen LogP contribution in [0, 0.1) is 0 Å². The van der Waals surface area contributed by atoms with E-state index in [0.717, 1.165) is 30.6 Å². The van der Waals surface area contributed by atoms with E-state index in [1.165, 1.54) is 0 Å². The molecule has 7 nitrogen and oxygen atoms in total. The maximum absolute atomic E-state index is 13.2. The maximum atomic E-state index is 13.2. The van der Waals surface area contributed by atoms with Crippen LogP contribution in [-0.2, 0) is 9.59 Å². The van der Waals surface area contributed by atoms with Crippen molar-refractivity contribution < 1.29 is 24.2 Å². The molecule has 36 heavy (non-hydrogen) atoms. The van der Waals surface area contributed by atoms with Crippen LogP contribution < -0.4 is 9.47 Å². The molecule has 0 spiro atoms. The number of ether oxygens (including phenoxy) is 2. The fourth-order valence-electron chi connectivity index (χ4n) is 4.17. The Labute approximate surface area is 214 Å². The number of ketones is 1. The number of nitrogens with zero attached hydrogens (tertiary/aromatic N) is 2. The molecule has 1 aliphatic rings. The summed E-state index contributed by atoms with van der Waals surface area (Å²) in [5.74, 6) is -0.0803. The van der Waals surface area contributed by atoms with E-state index in [0.29, 0.717) is 31.0 Å². The molecule has 194 valence electrons. The van der Waals surface area contributed by atoms with Gasteiger partial charge < -0.3 is 24.4 Å².